The van der Waals surface area contributed by atoms with Crippen molar-refractivity contribution in [3.8, 4) is 17.3 Å². The molecule has 0 unspecified atom stereocenters. The lowest BCUT2D eigenvalue weighted by molar-refractivity contribution is 0.896. The highest BCUT2D eigenvalue weighted by Gasteiger charge is 2.12. The third-order valence-corrected chi connectivity index (χ3v) is 3.64. The number of imidazole rings is 1. The highest BCUT2D eigenvalue weighted by atomic mass is 32.1. The largest absolute Gasteiger partial charge is 0.354 e. The third-order valence-electron chi connectivity index (χ3n) is 2.79. The number of aromatic nitrogens is 5. The van der Waals surface area contributed by atoms with Gasteiger partial charge in [0.2, 0.25) is 11.9 Å². The Hall–Kier alpha value is -2.28. The molecule has 3 aromatic heterocycles. The van der Waals surface area contributed by atoms with Crippen LogP contribution in [0.5, 0.6) is 0 Å². The lowest BCUT2D eigenvalue weighted by Gasteiger charge is -2.07. The summed E-state index contributed by atoms with van der Waals surface area (Å²) in [6, 6.07) is 2.03. The molecule has 1 N–H and O–H groups in total. The maximum Gasteiger partial charge on any atom is 0.240 e. The van der Waals surface area contributed by atoms with Crippen LogP contribution in [-0.4, -0.2) is 31.0 Å². The van der Waals surface area contributed by atoms with Crippen molar-refractivity contribution in [3.63, 3.8) is 0 Å². The molecule has 0 radical (unpaired) electrons. The van der Waals surface area contributed by atoms with Crippen LogP contribution in [0, 0.1) is 6.92 Å². The van der Waals surface area contributed by atoms with E-state index in [1.807, 2.05) is 24.6 Å². The summed E-state index contributed by atoms with van der Waals surface area (Å²) in [5.41, 5.74) is 1.04. The third kappa shape index (κ3) is 2.39. The van der Waals surface area contributed by atoms with Gasteiger partial charge in [-0.2, -0.15) is 15.0 Å². The van der Waals surface area contributed by atoms with E-state index in [1.165, 1.54) is 4.88 Å². The Morgan fingerprint density at radius 1 is 1.30 bits per heavy atom. The van der Waals surface area contributed by atoms with E-state index in [4.69, 9.17) is 0 Å². The molecule has 0 spiro atoms. The van der Waals surface area contributed by atoms with Gasteiger partial charge in [-0.05, 0) is 25.3 Å². The second-order valence-electron chi connectivity index (χ2n) is 4.17. The highest BCUT2D eigenvalue weighted by molar-refractivity contribution is 7.10. The first-order chi connectivity index (χ1) is 9.78. The Morgan fingerprint density at radius 2 is 2.20 bits per heavy atom. The molecule has 102 valence electrons. The molecule has 0 aromatic carbocycles. The molecule has 0 aliphatic carbocycles. The van der Waals surface area contributed by atoms with Gasteiger partial charge in [0.25, 0.3) is 0 Å². The SMILES string of the molecule is CCNc1nc(-c2ccsc2C)nc(-n2ccnc2)n1. The lowest BCUT2D eigenvalue weighted by Crippen LogP contribution is -2.09. The van der Waals surface area contributed by atoms with E-state index in [9.17, 15) is 0 Å². The van der Waals surface area contributed by atoms with Crippen molar-refractivity contribution in [1.29, 1.82) is 0 Å². The molecule has 6 nitrogen and oxygen atoms in total. The van der Waals surface area contributed by atoms with E-state index in [0.717, 1.165) is 12.1 Å². The van der Waals surface area contributed by atoms with E-state index in [2.05, 4.69) is 32.2 Å². The van der Waals surface area contributed by atoms with Crippen molar-refractivity contribution in [1.82, 2.24) is 24.5 Å². The molecule has 3 heterocycles. The van der Waals surface area contributed by atoms with Crippen molar-refractivity contribution in [2.24, 2.45) is 0 Å². The minimum atomic E-state index is 0.564. The number of nitrogens with one attached hydrogen (secondary N) is 1. The number of anilines is 1. The Labute approximate surface area is 120 Å². The van der Waals surface area contributed by atoms with E-state index >= 15 is 0 Å². The molecule has 0 aliphatic heterocycles. The van der Waals surface area contributed by atoms with Gasteiger partial charge in [0.1, 0.15) is 6.33 Å². The highest BCUT2D eigenvalue weighted by Crippen LogP contribution is 2.25. The lowest BCUT2D eigenvalue weighted by atomic mass is 10.2. The minimum Gasteiger partial charge on any atom is -0.354 e. The van der Waals surface area contributed by atoms with Gasteiger partial charge in [-0.3, -0.25) is 4.57 Å². The van der Waals surface area contributed by atoms with Gasteiger partial charge in [-0.1, -0.05) is 0 Å². The summed E-state index contributed by atoms with van der Waals surface area (Å²) in [5.74, 6) is 1.82. The fraction of sp³-hybridized carbons (Fsp3) is 0.231. The Morgan fingerprint density at radius 3 is 2.85 bits per heavy atom. The summed E-state index contributed by atoms with van der Waals surface area (Å²) >= 11 is 1.68. The summed E-state index contributed by atoms with van der Waals surface area (Å²) in [6.45, 7) is 4.83. The standard InChI is InChI=1S/C13H14N6S/c1-3-15-12-16-11(10-4-7-20-9(10)2)17-13(18-12)19-6-5-14-8-19/h4-8H,3H2,1-2H3,(H,15,16,17,18). The van der Waals surface area contributed by atoms with Crippen LogP contribution >= 0.6 is 11.3 Å². The molecule has 0 bridgehead atoms. The minimum absolute atomic E-state index is 0.564. The van der Waals surface area contributed by atoms with Crippen LogP contribution in [0.2, 0.25) is 0 Å². The molecule has 0 aliphatic rings. The smallest absolute Gasteiger partial charge is 0.240 e. The fourth-order valence-electron chi connectivity index (χ4n) is 1.83. The quantitative estimate of drug-likeness (QED) is 0.798. The van der Waals surface area contributed by atoms with Crippen LogP contribution < -0.4 is 5.32 Å². The summed E-state index contributed by atoms with van der Waals surface area (Å²) in [4.78, 5) is 18.6. The summed E-state index contributed by atoms with van der Waals surface area (Å²) in [7, 11) is 0. The van der Waals surface area contributed by atoms with Crippen LogP contribution in [0.4, 0.5) is 5.95 Å². The zero-order valence-corrected chi connectivity index (χ0v) is 12.1. The van der Waals surface area contributed by atoms with Crippen LogP contribution in [0.3, 0.4) is 0 Å². The van der Waals surface area contributed by atoms with Crippen molar-refractivity contribution in [2.75, 3.05) is 11.9 Å². The number of rotatable bonds is 4. The van der Waals surface area contributed by atoms with Crippen LogP contribution in [0.1, 0.15) is 11.8 Å². The molecular weight excluding hydrogens is 272 g/mol. The molecule has 3 rings (SSSR count). The van der Waals surface area contributed by atoms with Crippen LogP contribution in [0.25, 0.3) is 17.3 Å². The second-order valence-corrected chi connectivity index (χ2v) is 5.29. The van der Waals surface area contributed by atoms with E-state index < -0.39 is 0 Å². The number of thiophene rings is 1. The van der Waals surface area contributed by atoms with E-state index in [-0.39, 0.29) is 0 Å². The Balaban J connectivity index is 2.12. The Kier molecular flexibility index (Phi) is 3.42. The molecule has 7 heteroatoms. The van der Waals surface area contributed by atoms with Gasteiger partial charge in [-0.15, -0.1) is 11.3 Å². The van der Waals surface area contributed by atoms with Gasteiger partial charge in [-0.25, -0.2) is 4.98 Å². The van der Waals surface area contributed by atoms with Crippen molar-refractivity contribution >= 4 is 17.3 Å². The maximum atomic E-state index is 4.53. The van der Waals surface area contributed by atoms with Gasteiger partial charge in [0.05, 0.1) is 0 Å². The van der Waals surface area contributed by atoms with Gasteiger partial charge in [0.15, 0.2) is 5.82 Å². The monoisotopic (exact) mass is 286 g/mol. The first-order valence-electron chi connectivity index (χ1n) is 6.30. The zero-order chi connectivity index (χ0) is 13.9. The summed E-state index contributed by atoms with van der Waals surface area (Å²) in [5, 5.41) is 5.18. The maximum absolute atomic E-state index is 4.53. The molecule has 0 saturated carbocycles. The molecule has 0 fully saturated rings. The van der Waals surface area contributed by atoms with Gasteiger partial charge < -0.3 is 5.32 Å². The molecule has 20 heavy (non-hydrogen) atoms. The first kappa shape index (κ1) is 12.7. The molecule has 3 aromatic rings. The van der Waals surface area contributed by atoms with E-state index in [1.54, 1.807) is 28.4 Å². The van der Waals surface area contributed by atoms with Crippen molar-refractivity contribution in [3.05, 3.63) is 35.0 Å². The average molecular weight is 286 g/mol. The molecular formula is C13H14N6S. The molecule has 0 amide bonds. The zero-order valence-electron chi connectivity index (χ0n) is 11.2. The predicted octanol–water partition coefficient (Wildman–Crippen LogP) is 2.53. The number of nitrogens with zero attached hydrogens (tertiary/aromatic N) is 5. The van der Waals surface area contributed by atoms with Gasteiger partial charge >= 0.3 is 0 Å². The molecule has 0 saturated heterocycles. The number of aryl methyl sites for hydroxylation is 1. The number of hydrogen-bond acceptors (Lipinski definition) is 6. The van der Waals surface area contributed by atoms with Crippen molar-refractivity contribution in [2.45, 2.75) is 13.8 Å². The van der Waals surface area contributed by atoms with E-state index in [0.29, 0.717) is 17.7 Å². The normalized spacial score (nSPS) is 10.7. The van der Waals surface area contributed by atoms with Gasteiger partial charge in [0, 0.05) is 29.4 Å². The number of hydrogen-bond donors (Lipinski definition) is 1. The summed E-state index contributed by atoms with van der Waals surface area (Å²) < 4.78 is 1.77. The van der Waals surface area contributed by atoms with Crippen LogP contribution in [0.15, 0.2) is 30.2 Å². The fourth-order valence-corrected chi connectivity index (χ4v) is 2.53. The molecule has 0 atom stereocenters. The topological polar surface area (TPSA) is 68.5 Å². The van der Waals surface area contributed by atoms with Crippen LogP contribution in [-0.2, 0) is 0 Å². The Bertz CT molecular complexity index is 703. The summed E-state index contributed by atoms with van der Waals surface area (Å²) in [6.07, 6.45) is 5.19. The predicted molar refractivity (Wildman–Crippen MR) is 79.2 cm³/mol. The first-order valence-corrected chi connectivity index (χ1v) is 7.18. The average Bonchev–Trinajstić information content (AvgIpc) is 3.09. The second kappa shape index (κ2) is 5.38. The van der Waals surface area contributed by atoms with Crippen molar-refractivity contribution < 1.29 is 0 Å².